The van der Waals surface area contributed by atoms with Crippen LogP contribution in [0.3, 0.4) is 0 Å². The third kappa shape index (κ3) is 2.26. The summed E-state index contributed by atoms with van der Waals surface area (Å²) in [7, 11) is 2.99. The van der Waals surface area contributed by atoms with E-state index < -0.39 is 0 Å². The Hall–Kier alpha value is -2.95. The monoisotopic (exact) mass is 298 g/mol. The van der Waals surface area contributed by atoms with Gasteiger partial charge in [-0.2, -0.15) is 0 Å². The number of hydrogen-bond acceptors (Lipinski definition) is 5. The smallest absolute Gasteiger partial charge is 0.204 e. The Balaban J connectivity index is 2.24. The normalized spacial score (nSPS) is 10.6. The van der Waals surface area contributed by atoms with Gasteiger partial charge in [-0.25, -0.2) is 0 Å². The number of rotatable bonds is 3. The predicted octanol–water partition coefficient (Wildman–Crippen LogP) is 3.18. The molecule has 3 aromatic rings. The van der Waals surface area contributed by atoms with Gasteiger partial charge in [-0.3, -0.25) is 4.79 Å². The topological polar surface area (TPSA) is 68.9 Å². The molecule has 0 bridgehead atoms. The molecule has 5 nitrogen and oxygen atoms in total. The van der Waals surface area contributed by atoms with E-state index in [2.05, 4.69) is 0 Å². The second kappa shape index (κ2) is 5.44. The van der Waals surface area contributed by atoms with E-state index in [0.29, 0.717) is 16.9 Å². The molecule has 1 aromatic heterocycles. The van der Waals surface area contributed by atoms with Gasteiger partial charge < -0.3 is 19.0 Å². The summed E-state index contributed by atoms with van der Waals surface area (Å²) in [5, 5.41) is 10.2. The van der Waals surface area contributed by atoms with Crippen molar-refractivity contribution < 1.29 is 19.0 Å². The van der Waals surface area contributed by atoms with Crippen LogP contribution in [0, 0.1) is 0 Å². The fourth-order valence-corrected chi connectivity index (χ4v) is 2.28. The van der Waals surface area contributed by atoms with Gasteiger partial charge in [0.15, 0.2) is 16.8 Å². The molecule has 2 aromatic carbocycles. The van der Waals surface area contributed by atoms with Crippen LogP contribution in [0.15, 0.2) is 51.7 Å². The Morgan fingerprint density at radius 1 is 1.00 bits per heavy atom. The highest BCUT2D eigenvalue weighted by Crippen LogP contribution is 2.35. The van der Waals surface area contributed by atoms with Crippen LogP contribution in [0.25, 0.3) is 22.3 Å². The number of hydrogen-bond donors (Lipinski definition) is 1. The van der Waals surface area contributed by atoms with Crippen molar-refractivity contribution in [2.24, 2.45) is 0 Å². The Kier molecular flexibility index (Phi) is 3.47. The van der Waals surface area contributed by atoms with Gasteiger partial charge in [0.05, 0.1) is 19.6 Å². The zero-order valence-electron chi connectivity index (χ0n) is 12.1. The zero-order valence-corrected chi connectivity index (χ0v) is 12.1. The minimum Gasteiger partial charge on any atom is -0.504 e. The van der Waals surface area contributed by atoms with Gasteiger partial charge in [0.25, 0.3) is 0 Å². The summed E-state index contributed by atoms with van der Waals surface area (Å²) >= 11 is 0. The molecule has 0 saturated carbocycles. The number of ether oxygens (including phenoxy) is 2. The molecule has 1 N–H and O–H groups in total. The first-order valence-corrected chi connectivity index (χ1v) is 6.62. The first-order valence-electron chi connectivity index (χ1n) is 6.62. The van der Waals surface area contributed by atoms with Crippen molar-refractivity contribution in [1.29, 1.82) is 0 Å². The number of aromatic hydroxyl groups is 1. The number of benzene rings is 2. The van der Waals surface area contributed by atoms with Crippen molar-refractivity contribution in [1.82, 2.24) is 0 Å². The maximum atomic E-state index is 12.3. The summed E-state index contributed by atoms with van der Waals surface area (Å²) in [5.74, 6) is 1.17. The van der Waals surface area contributed by atoms with E-state index in [0.717, 1.165) is 5.56 Å². The van der Waals surface area contributed by atoms with Gasteiger partial charge in [-0.15, -0.1) is 0 Å². The lowest BCUT2D eigenvalue weighted by molar-refractivity contribution is 0.371. The minimum absolute atomic E-state index is 0.0787. The van der Waals surface area contributed by atoms with E-state index in [9.17, 15) is 9.90 Å². The average Bonchev–Trinajstić information content (AvgIpc) is 2.54. The van der Waals surface area contributed by atoms with E-state index in [1.54, 1.807) is 31.4 Å². The van der Waals surface area contributed by atoms with Gasteiger partial charge in [0, 0.05) is 11.6 Å². The van der Waals surface area contributed by atoms with Crippen LogP contribution < -0.4 is 14.9 Å². The van der Waals surface area contributed by atoms with Gasteiger partial charge in [-0.1, -0.05) is 0 Å². The highest BCUT2D eigenvalue weighted by molar-refractivity contribution is 5.86. The second-order valence-electron chi connectivity index (χ2n) is 4.70. The van der Waals surface area contributed by atoms with E-state index in [-0.39, 0.29) is 22.5 Å². The fourth-order valence-electron chi connectivity index (χ4n) is 2.28. The summed E-state index contributed by atoms with van der Waals surface area (Å²) in [6, 6.07) is 11.5. The van der Waals surface area contributed by atoms with Crippen LogP contribution in [0.1, 0.15) is 0 Å². The number of phenolic OH excluding ortho intramolecular Hbond substituents is 1. The minimum atomic E-state index is -0.203. The van der Waals surface area contributed by atoms with E-state index >= 15 is 0 Å². The summed E-state index contributed by atoms with van der Waals surface area (Å²) in [6.45, 7) is 0. The average molecular weight is 298 g/mol. The number of fused-ring (bicyclic) bond motifs is 1. The van der Waals surface area contributed by atoms with Crippen LogP contribution in [-0.2, 0) is 0 Å². The molecule has 0 amide bonds. The standard InChI is InChI=1S/C17H14O5/c1-20-11-5-3-10(4-6-11)15-9-14(19)12-7-8-13(18)17(21-2)16(12)22-15/h3-9,18H,1-2H3. The summed E-state index contributed by atoms with van der Waals surface area (Å²) in [6.07, 6.45) is 0. The van der Waals surface area contributed by atoms with Crippen LogP contribution in [0.4, 0.5) is 0 Å². The largest absolute Gasteiger partial charge is 0.504 e. The number of methoxy groups -OCH3 is 2. The molecule has 22 heavy (non-hydrogen) atoms. The third-order valence-corrected chi connectivity index (χ3v) is 3.41. The molecular formula is C17H14O5. The fraction of sp³-hybridized carbons (Fsp3) is 0.118. The van der Waals surface area contributed by atoms with E-state index in [1.807, 2.05) is 0 Å². The predicted molar refractivity (Wildman–Crippen MR) is 82.7 cm³/mol. The molecule has 0 spiro atoms. The molecule has 0 aliphatic rings. The highest BCUT2D eigenvalue weighted by atomic mass is 16.5. The molecule has 0 fully saturated rings. The van der Waals surface area contributed by atoms with Gasteiger partial charge in [-0.05, 0) is 36.4 Å². The zero-order chi connectivity index (χ0) is 15.7. The molecule has 3 rings (SSSR count). The van der Waals surface area contributed by atoms with Crippen LogP contribution in [0.2, 0.25) is 0 Å². The summed E-state index contributed by atoms with van der Waals surface area (Å²) < 4.78 is 16.0. The second-order valence-corrected chi connectivity index (χ2v) is 4.70. The Bertz CT molecular complexity index is 878. The lowest BCUT2D eigenvalue weighted by atomic mass is 10.1. The van der Waals surface area contributed by atoms with Gasteiger partial charge >= 0.3 is 0 Å². The van der Waals surface area contributed by atoms with Gasteiger partial charge in [0.1, 0.15) is 11.5 Å². The molecule has 1 heterocycles. The maximum Gasteiger partial charge on any atom is 0.204 e. The van der Waals surface area contributed by atoms with Crippen LogP contribution >= 0.6 is 0 Å². The molecule has 5 heteroatoms. The van der Waals surface area contributed by atoms with E-state index in [1.165, 1.54) is 25.3 Å². The summed E-state index contributed by atoms with van der Waals surface area (Å²) in [5.41, 5.74) is 0.747. The highest BCUT2D eigenvalue weighted by Gasteiger charge is 2.14. The molecule has 0 aliphatic carbocycles. The Morgan fingerprint density at radius 3 is 2.36 bits per heavy atom. The lowest BCUT2D eigenvalue weighted by Gasteiger charge is -2.08. The lowest BCUT2D eigenvalue weighted by Crippen LogP contribution is -2.01. The molecule has 0 atom stereocenters. The molecule has 0 unspecified atom stereocenters. The van der Waals surface area contributed by atoms with Crippen molar-refractivity contribution in [2.75, 3.05) is 14.2 Å². The first kappa shape index (κ1) is 14.0. The quantitative estimate of drug-likeness (QED) is 0.804. The molecular weight excluding hydrogens is 284 g/mol. The molecule has 0 radical (unpaired) electrons. The van der Waals surface area contributed by atoms with Crippen molar-refractivity contribution >= 4 is 11.0 Å². The maximum absolute atomic E-state index is 12.3. The van der Waals surface area contributed by atoms with E-state index in [4.69, 9.17) is 13.9 Å². The first-order chi connectivity index (χ1) is 10.6. The van der Waals surface area contributed by atoms with Gasteiger partial charge in [0.2, 0.25) is 5.75 Å². The van der Waals surface area contributed by atoms with Crippen LogP contribution in [-0.4, -0.2) is 19.3 Å². The van der Waals surface area contributed by atoms with Crippen LogP contribution in [0.5, 0.6) is 17.2 Å². The Labute approximate surface area is 126 Å². The third-order valence-electron chi connectivity index (χ3n) is 3.41. The summed E-state index contributed by atoms with van der Waals surface area (Å²) in [4.78, 5) is 12.3. The van der Waals surface area contributed by atoms with Crippen molar-refractivity contribution in [3.8, 4) is 28.6 Å². The van der Waals surface area contributed by atoms with Crippen molar-refractivity contribution in [3.05, 3.63) is 52.7 Å². The number of phenols is 1. The molecule has 112 valence electrons. The van der Waals surface area contributed by atoms with Crippen molar-refractivity contribution in [3.63, 3.8) is 0 Å². The Morgan fingerprint density at radius 2 is 1.73 bits per heavy atom. The molecule has 0 aliphatic heterocycles. The SMILES string of the molecule is COc1ccc(-c2cc(=O)c3ccc(O)c(OC)c3o2)cc1. The van der Waals surface area contributed by atoms with Crippen molar-refractivity contribution in [2.45, 2.75) is 0 Å². The molecule has 0 saturated heterocycles.